The number of rotatable bonds is 5. The molecule has 5 nitrogen and oxygen atoms in total. The highest BCUT2D eigenvalue weighted by atomic mass is 35.5. The summed E-state index contributed by atoms with van der Waals surface area (Å²) < 4.78 is 10.6. The van der Waals surface area contributed by atoms with Crippen LogP contribution in [0.3, 0.4) is 0 Å². The van der Waals surface area contributed by atoms with E-state index in [4.69, 9.17) is 26.9 Å². The summed E-state index contributed by atoms with van der Waals surface area (Å²) in [6.07, 6.45) is -0.0358. The van der Waals surface area contributed by atoms with Gasteiger partial charge in [0.25, 0.3) is 0 Å². The van der Waals surface area contributed by atoms with Gasteiger partial charge in [-0.3, -0.25) is 5.43 Å². The van der Waals surface area contributed by atoms with Gasteiger partial charge in [0.1, 0.15) is 11.5 Å². The Balaban J connectivity index is 1.91. The standard InChI is InChI=1S/C16H17ClN2O3/c1-11-10-14(6-7-15(11)17)22-13-4-2-12(3-5-13)8-9-21-16(20)19-18/h2-7,10H,8-9,18H2,1H3,(H,19,20). The molecule has 22 heavy (non-hydrogen) atoms. The number of hydrogen-bond donors (Lipinski definition) is 2. The third-order valence-electron chi connectivity index (χ3n) is 3.03. The third-order valence-corrected chi connectivity index (χ3v) is 3.45. The SMILES string of the molecule is Cc1cc(Oc2ccc(CCOC(=O)NN)cc2)ccc1Cl. The summed E-state index contributed by atoms with van der Waals surface area (Å²) in [6, 6.07) is 13.1. The molecule has 3 N–H and O–H groups in total. The lowest BCUT2D eigenvalue weighted by Crippen LogP contribution is -2.31. The van der Waals surface area contributed by atoms with E-state index in [1.165, 1.54) is 0 Å². The van der Waals surface area contributed by atoms with Gasteiger partial charge in [0.2, 0.25) is 0 Å². The van der Waals surface area contributed by atoms with Crippen LogP contribution in [0.15, 0.2) is 42.5 Å². The van der Waals surface area contributed by atoms with Crippen LogP contribution in [0.5, 0.6) is 11.5 Å². The Morgan fingerprint density at radius 2 is 1.86 bits per heavy atom. The van der Waals surface area contributed by atoms with Crippen LogP contribution in [-0.4, -0.2) is 12.7 Å². The van der Waals surface area contributed by atoms with Crippen LogP contribution in [-0.2, 0) is 11.2 Å². The van der Waals surface area contributed by atoms with Gasteiger partial charge in [0.05, 0.1) is 6.61 Å². The Morgan fingerprint density at radius 3 is 2.50 bits per heavy atom. The number of nitrogens with one attached hydrogen (secondary N) is 1. The first-order valence-corrected chi connectivity index (χ1v) is 7.12. The van der Waals surface area contributed by atoms with Crippen LogP contribution in [0, 0.1) is 6.92 Å². The van der Waals surface area contributed by atoms with Gasteiger partial charge in [-0.25, -0.2) is 10.6 Å². The minimum atomic E-state index is -0.641. The smallest absolute Gasteiger partial charge is 0.421 e. The molecule has 0 radical (unpaired) electrons. The molecule has 1 amide bonds. The molecule has 0 aromatic heterocycles. The molecule has 2 aromatic carbocycles. The second-order valence-electron chi connectivity index (χ2n) is 4.69. The summed E-state index contributed by atoms with van der Waals surface area (Å²) in [7, 11) is 0. The number of amides is 1. The summed E-state index contributed by atoms with van der Waals surface area (Å²) in [6.45, 7) is 2.19. The maximum atomic E-state index is 10.8. The Kier molecular flexibility index (Phi) is 5.63. The number of carbonyl (C=O) groups is 1. The largest absolute Gasteiger partial charge is 0.457 e. The quantitative estimate of drug-likeness (QED) is 0.501. The monoisotopic (exact) mass is 320 g/mol. The first-order valence-electron chi connectivity index (χ1n) is 6.75. The first-order chi connectivity index (χ1) is 10.6. The van der Waals surface area contributed by atoms with Crippen molar-refractivity contribution in [2.24, 2.45) is 5.84 Å². The molecule has 0 heterocycles. The number of ether oxygens (including phenoxy) is 2. The molecule has 0 fully saturated rings. The molecule has 0 spiro atoms. The number of halogens is 1. The fourth-order valence-electron chi connectivity index (χ4n) is 1.84. The molecule has 0 saturated heterocycles. The van der Waals surface area contributed by atoms with E-state index >= 15 is 0 Å². The Morgan fingerprint density at radius 1 is 1.18 bits per heavy atom. The van der Waals surface area contributed by atoms with Gasteiger partial charge in [-0.05, 0) is 48.4 Å². The van der Waals surface area contributed by atoms with Crippen LogP contribution in [0.1, 0.15) is 11.1 Å². The zero-order chi connectivity index (χ0) is 15.9. The van der Waals surface area contributed by atoms with E-state index in [0.29, 0.717) is 11.4 Å². The molecular formula is C16H17ClN2O3. The zero-order valence-corrected chi connectivity index (χ0v) is 12.9. The highest BCUT2D eigenvalue weighted by molar-refractivity contribution is 6.31. The lowest BCUT2D eigenvalue weighted by Gasteiger charge is -2.08. The molecule has 116 valence electrons. The summed E-state index contributed by atoms with van der Waals surface area (Å²) in [5.74, 6) is 6.38. The van der Waals surface area contributed by atoms with Gasteiger partial charge in [-0.2, -0.15) is 0 Å². The van der Waals surface area contributed by atoms with Crippen molar-refractivity contribution in [3.05, 3.63) is 58.6 Å². The van der Waals surface area contributed by atoms with E-state index in [2.05, 4.69) is 0 Å². The molecular weight excluding hydrogens is 304 g/mol. The zero-order valence-electron chi connectivity index (χ0n) is 12.1. The van der Waals surface area contributed by atoms with Crippen molar-refractivity contribution >= 4 is 17.7 Å². The number of aryl methyl sites for hydroxylation is 1. The Labute approximate surface area is 134 Å². The molecule has 0 aliphatic rings. The second-order valence-corrected chi connectivity index (χ2v) is 5.09. The van der Waals surface area contributed by atoms with Crippen molar-refractivity contribution in [1.82, 2.24) is 5.43 Å². The average molecular weight is 321 g/mol. The van der Waals surface area contributed by atoms with Crippen LogP contribution >= 0.6 is 11.6 Å². The van der Waals surface area contributed by atoms with Crippen molar-refractivity contribution in [3.63, 3.8) is 0 Å². The number of carbonyl (C=O) groups excluding carboxylic acids is 1. The summed E-state index contributed by atoms with van der Waals surface area (Å²) >= 11 is 5.98. The lowest BCUT2D eigenvalue weighted by molar-refractivity contribution is 0.147. The fraction of sp³-hybridized carbons (Fsp3) is 0.188. The third kappa shape index (κ3) is 4.65. The van der Waals surface area contributed by atoms with Crippen molar-refractivity contribution in [2.45, 2.75) is 13.3 Å². The number of nitrogens with two attached hydrogens (primary N) is 1. The van der Waals surface area contributed by atoms with Crippen LogP contribution in [0.2, 0.25) is 5.02 Å². The van der Waals surface area contributed by atoms with E-state index in [9.17, 15) is 4.79 Å². The topological polar surface area (TPSA) is 73.6 Å². The van der Waals surface area contributed by atoms with Crippen molar-refractivity contribution in [2.75, 3.05) is 6.61 Å². The highest BCUT2D eigenvalue weighted by Gasteiger charge is 2.02. The van der Waals surface area contributed by atoms with Crippen molar-refractivity contribution in [3.8, 4) is 11.5 Å². The molecule has 0 aliphatic carbocycles. The minimum absolute atomic E-state index is 0.264. The maximum absolute atomic E-state index is 10.8. The number of benzene rings is 2. The Hall–Kier alpha value is -2.24. The van der Waals surface area contributed by atoms with E-state index in [-0.39, 0.29) is 6.61 Å². The molecule has 2 rings (SSSR count). The van der Waals surface area contributed by atoms with E-state index < -0.39 is 6.09 Å². The van der Waals surface area contributed by atoms with Gasteiger partial charge >= 0.3 is 6.09 Å². The molecule has 0 saturated carbocycles. The Bertz CT molecular complexity index is 644. The minimum Gasteiger partial charge on any atom is -0.457 e. The molecule has 0 atom stereocenters. The molecule has 0 unspecified atom stereocenters. The van der Waals surface area contributed by atoms with Gasteiger partial charge in [0, 0.05) is 11.4 Å². The summed E-state index contributed by atoms with van der Waals surface area (Å²) in [4.78, 5) is 10.8. The van der Waals surface area contributed by atoms with Gasteiger partial charge in [0.15, 0.2) is 0 Å². The normalized spacial score (nSPS) is 10.1. The molecule has 0 aliphatic heterocycles. The second kappa shape index (κ2) is 7.68. The van der Waals surface area contributed by atoms with Crippen molar-refractivity contribution in [1.29, 1.82) is 0 Å². The van der Waals surface area contributed by atoms with Gasteiger partial charge < -0.3 is 9.47 Å². The van der Waals surface area contributed by atoms with E-state index in [1.807, 2.05) is 48.7 Å². The van der Waals surface area contributed by atoms with Crippen molar-refractivity contribution < 1.29 is 14.3 Å². The predicted molar refractivity (Wildman–Crippen MR) is 85.1 cm³/mol. The summed E-state index contributed by atoms with van der Waals surface area (Å²) in [5.41, 5.74) is 3.90. The lowest BCUT2D eigenvalue weighted by atomic mass is 10.1. The van der Waals surface area contributed by atoms with Gasteiger partial charge in [-0.15, -0.1) is 0 Å². The average Bonchev–Trinajstić information content (AvgIpc) is 2.52. The van der Waals surface area contributed by atoms with Gasteiger partial charge in [-0.1, -0.05) is 23.7 Å². The molecule has 0 bridgehead atoms. The van der Waals surface area contributed by atoms with Crippen LogP contribution in [0.4, 0.5) is 4.79 Å². The maximum Gasteiger partial charge on any atom is 0.421 e. The van der Waals surface area contributed by atoms with E-state index in [0.717, 1.165) is 22.6 Å². The number of hydrazine groups is 1. The first kappa shape index (κ1) is 16.1. The molecule has 2 aromatic rings. The van der Waals surface area contributed by atoms with Crippen LogP contribution < -0.4 is 16.0 Å². The molecule has 6 heteroatoms. The number of hydrogen-bond acceptors (Lipinski definition) is 4. The van der Waals surface area contributed by atoms with E-state index in [1.54, 1.807) is 6.07 Å². The highest BCUT2D eigenvalue weighted by Crippen LogP contribution is 2.26. The van der Waals surface area contributed by atoms with Crippen LogP contribution in [0.25, 0.3) is 0 Å². The fourth-order valence-corrected chi connectivity index (χ4v) is 1.96. The summed E-state index contributed by atoms with van der Waals surface area (Å²) in [5, 5.41) is 0.712. The predicted octanol–water partition coefficient (Wildman–Crippen LogP) is 3.58.